The molecule has 0 atom stereocenters. The van der Waals surface area contributed by atoms with Crippen molar-refractivity contribution in [2.75, 3.05) is 30.3 Å². The molecular weight excluding hydrogens is 346 g/mol. The smallest absolute Gasteiger partial charge is 0.254 e. The fraction of sp³-hybridized carbons (Fsp3) is 0.500. The number of anilines is 2. The predicted molar refractivity (Wildman–Crippen MR) is 103 cm³/mol. The summed E-state index contributed by atoms with van der Waals surface area (Å²) in [5.41, 5.74) is 1.49. The summed E-state index contributed by atoms with van der Waals surface area (Å²) in [6, 6.07) is 3.40. The van der Waals surface area contributed by atoms with Gasteiger partial charge in [-0.05, 0) is 26.7 Å². The molecule has 0 saturated heterocycles. The molecule has 0 spiro atoms. The lowest BCUT2D eigenvalue weighted by atomic mass is 10.3. The molecule has 27 heavy (non-hydrogen) atoms. The van der Waals surface area contributed by atoms with Gasteiger partial charge in [0.05, 0.1) is 12.0 Å². The lowest BCUT2D eigenvalue weighted by Gasteiger charge is -2.10. The third-order valence-corrected chi connectivity index (χ3v) is 4.15. The zero-order chi connectivity index (χ0) is 19.2. The Kier molecular flexibility index (Phi) is 6.00. The molecule has 9 nitrogen and oxygen atoms in total. The monoisotopic (exact) mass is 371 g/mol. The van der Waals surface area contributed by atoms with Gasteiger partial charge in [0.1, 0.15) is 12.4 Å². The van der Waals surface area contributed by atoms with Crippen LogP contribution in [0, 0.1) is 6.92 Å². The third kappa shape index (κ3) is 5.50. The fourth-order valence-corrected chi connectivity index (χ4v) is 2.67. The van der Waals surface area contributed by atoms with Crippen molar-refractivity contribution in [1.29, 1.82) is 0 Å². The van der Waals surface area contributed by atoms with Crippen LogP contribution in [0.2, 0.25) is 0 Å². The van der Waals surface area contributed by atoms with Gasteiger partial charge in [0, 0.05) is 43.4 Å². The summed E-state index contributed by atoms with van der Waals surface area (Å²) in [6.07, 6.45) is 3.63. The van der Waals surface area contributed by atoms with Crippen molar-refractivity contribution in [2.45, 2.75) is 39.2 Å². The first-order chi connectivity index (χ1) is 13.0. The summed E-state index contributed by atoms with van der Waals surface area (Å²) in [7, 11) is 0. The van der Waals surface area contributed by atoms with E-state index in [1.807, 2.05) is 19.9 Å². The molecule has 0 aliphatic heterocycles. The normalized spacial score (nSPS) is 13.3. The molecule has 3 rings (SSSR count). The Hall–Kier alpha value is -2.97. The maximum Gasteiger partial charge on any atom is 0.254 e. The summed E-state index contributed by atoms with van der Waals surface area (Å²) >= 11 is 0. The molecule has 3 N–H and O–H groups in total. The summed E-state index contributed by atoms with van der Waals surface area (Å²) in [4.78, 5) is 37.0. The molecule has 1 fully saturated rings. The van der Waals surface area contributed by atoms with E-state index in [9.17, 15) is 9.59 Å². The van der Waals surface area contributed by atoms with Gasteiger partial charge in [0.15, 0.2) is 0 Å². The number of aromatic nitrogens is 4. The number of carbonyl (C=O) groups is 1. The topological polar surface area (TPSA) is 114 Å². The molecule has 0 bridgehead atoms. The molecule has 2 heterocycles. The first kappa shape index (κ1) is 18.8. The summed E-state index contributed by atoms with van der Waals surface area (Å²) in [5.74, 6) is 1.46. The summed E-state index contributed by atoms with van der Waals surface area (Å²) in [6.45, 7) is 5.52. The Balaban J connectivity index is 1.44. The minimum atomic E-state index is -0.238. The largest absolute Gasteiger partial charge is 0.370 e. The molecule has 1 aliphatic carbocycles. The molecule has 1 amide bonds. The number of amides is 1. The van der Waals surface area contributed by atoms with Crippen LogP contribution in [-0.2, 0) is 11.3 Å². The van der Waals surface area contributed by atoms with E-state index in [0.717, 1.165) is 36.6 Å². The molecule has 0 radical (unpaired) electrons. The number of nitrogens with one attached hydrogen (secondary N) is 3. The lowest BCUT2D eigenvalue weighted by Crippen LogP contribution is -2.35. The van der Waals surface area contributed by atoms with Gasteiger partial charge >= 0.3 is 0 Å². The molecule has 0 aromatic carbocycles. The van der Waals surface area contributed by atoms with Crippen molar-refractivity contribution in [1.82, 2.24) is 24.8 Å². The van der Waals surface area contributed by atoms with Gasteiger partial charge in [0.25, 0.3) is 5.56 Å². The average Bonchev–Trinajstić information content (AvgIpc) is 3.45. The van der Waals surface area contributed by atoms with E-state index in [4.69, 9.17) is 0 Å². The molecule has 2 aromatic rings. The highest BCUT2D eigenvalue weighted by Crippen LogP contribution is 2.38. The van der Waals surface area contributed by atoms with Gasteiger partial charge in [-0.2, -0.15) is 4.98 Å². The van der Waals surface area contributed by atoms with E-state index < -0.39 is 0 Å². The molecule has 9 heteroatoms. The van der Waals surface area contributed by atoms with Crippen LogP contribution in [0.3, 0.4) is 0 Å². The van der Waals surface area contributed by atoms with Gasteiger partial charge < -0.3 is 16.0 Å². The predicted octanol–water partition coefficient (Wildman–Crippen LogP) is 0.879. The zero-order valence-corrected chi connectivity index (χ0v) is 15.7. The van der Waals surface area contributed by atoms with Crippen molar-refractivity contribution in [3.05, 3.63) is 40.2 Å². The molecular formula is C18H25N7O2. The van der Waals surface area contributed by atoms with E-state index in [-0.39, 0.29) is 18.0 Å². The number of nitrogens with zero attached hydrogens (tertiary/aromatic N) is 4. The Morgan fingerprint density at radius 2 is 2.04 bits per heavy atom. The summed E-state index contributed by atoms with van der Waals surface area (Å²) < 4.78 is 1.32. The third-order valence-electron chi connectivity index (χ3n) is 4.15. The maximum absolute atomic E-state index is 12.0. The van der Waals surface area contributed by atoms with Crippen LogP contribution >= 0.6 is 0 Å². The molecule has 2 aromatic heterocycles. The van der Waals surface area contributed by atoms with E-state index in [2.05, 4.69) is 30.9 Å². The van der Waals surface area contributed by atoms with Gasteiger partial charge in [0.2, 0.25) is 11.9 Å². The van der Waals surface area contributed by atoms with Crippen molar-refractivity contribution in [3.63, 3.8) is 0 Å². The first-order valence-electron chi connectivity index (χ1n) is 9.21. The summed E-state index contributed by atoms with van der Waals surface area (Å²) in [5, 5.41) is 9.00. The van der Waals surface area contributed by atoms with Gasteiger partial charge in [-0.25, -0.2) is 9.97 Å². The van der Waals surface area contributed by atoms with Crippen LogP contribution in [0.25, 0.3) is 0 Å². The number of hydrogen-bond acceptors (Lipinski definition) is 7. The Morgan fingerprint density at radius 1 is 1.22 bits per heavy atom. The van der Waals surface area contributed by atoms with E-state index in [1.165, 1.54) is 17.0 Å². The second kappa shape index (κ2) is 8.61. The van der Waals surface area contributed by atoms with Crippen molar-refractivity contribution < 1.29 is 4.79 Å². The van der Waals surface area contributed by atoms with Crippen LogP contribution in [-0.4, -0.2) is 45.1 Å². The fourth-order valence-electron chi connectivity index (χ4n) is 2.67. The average molecular weight is 371 g/mol. The Bertz CT molecular complexity index is 861. The molecule has 144 valence electrons. The van der Waals surface area contributed by atoms with Crippen molar-refractivity contribution in [3.8, 4) is 0 Å². The first-order valence-corrected chi connectivity index (χ1v) is 9.21. The van der Waals surface area contributed by atoms with Gasteiger partial charge in [-0.15, -0.1) is 0 Å². The van der Waals surface area contributed by atoms with Gasteiger partial charge in [-0.1, -0.05) is 0 Å². The number of rotatable bonds is 9. The maximum atomic E-state index is 12.0. The standard InChI is InChI=1S/C18H25N7O2/c1-3-19-15-8-12(2)23-18(24-15)21-7-6-20-16(26)10-25-11-22-14(9-17(25)27)13-4-5-13/h8-9,11,13H,3-7,10H2,1-2H3,(H,20,26)(H2,19,21,23,24). The highest BCUT2D eigenvalue weighted by Gasteiger charge is 2.25. The van der Waals surface area contributed by atoms with E-state index in [0.29, 0.717) is 25.0 Å². The molecule has 1 saturated carbocycles. The van der Waals surface area contributed by atoms with Crippen LogP contribution in [0.1, 0.15) is 37.1 Å². The zero-order valence-electron chi connectivity index (χ0n) is 15.7. The van der Waals surface area contributed by atoms with Crippen LogP contribution in [0.15, 0.2) is 23.3 Å². The van der Waals surface area contributed by atoms with Crippen LogP contribution in [0.5, 0.6) is 0 Å². The highest BCUT2D eigenvalue weighted by molar-refractivity contribution is 5.75. The molecule has 0 unspecified atom stereocenters. The number of carbonyl (C=O) groups excluding carboxylic acids is 1. The Morgan fingerprint density at radius 3 is 2.74 bits per heavy atom. The van der Waals surface area contributed by atoms with Crippen LogP contribution < -0.4 is 21.5 Å². The van der Waals surface area contributed by atoms with Crippen molar-refractivity contribution in [2.24, 2.45) is 0 Å². The quantitative estimate of drug-likeness (QED) is 0.561. The highest BCUT2D eigenvalue weighted by atomic mass is 16.2. The second-order valence-corrected chi connectivity index (χ2v) is 6.58. The minimum absolute atomic E-state index is 0.0394. The SMILES string of the molecule is CCNc1cc(C)nc(NCCNC(=O)Cn2cnc(C3CC3)cc2=O)n1. The van der Waals surface area contributed by atoms with Crippen molar-refractivity contribution >= 4 is 17.7 Å². The van der Waals surface area contributed by atoms with Gasteiger partial charge in [-0.3, -0.25) is 14.2 Å². The van der Waals surface area contributed by atoms with E-state index in [1.54, 1.807) is 0 Å². The lowest BCUT2D eigenvalue weighted by molar-refractivity contribution is -0.121. The minimum Gasteiger partial charge on any atom is -0.370 e. The number of aryl methyl sites for hydroxylation is 1. The number of hydrogen-bond donors (Lipinski definition) is 3. The Labute approximate surface area is 157 Å². The second-order valence-electron chi connectivity index (χ2n) is 6.58. The van der Waals surface area contributed by atoms with Crippen LogP contribution in [0.4, 0.5) is 11.8 Å². The van der Waals surface area contributed by atoms with E-state index >= 15 is 0 Å². The molecule has 1 aliphatic rings.